The molecular formula is C32H38N6O6S. The van der Waals surface area contributed by atoms with E-state index in [0.29, 0.717) is 22.7 Å². The van der Waals surface area contributed by atoms with Crippen LogP contribution in [0.4, 0.5) is 16.2 Å². The number of aliphatic hydroxyl groups is 1. The molecule has 0 radical (unpaired) electrons. The van der Waals surface area contributed by atoms with Crippen LogP contribution < -0.4 is 15.4 Å². The van der Waals surface area contributed by atoms with Gasteiger partial charge in [-0.15, -0.1) is 0 Å². The number of amides is 3. The van der Waals surface area contributed by atoms with Gasteiger partial charge in [0, 0.05) is 49.4 Å². The molecule has 12 nitrogen and oxygen atoms in total. The van der Waals surface area contributed by atoms with Crippen molar-refractivity contribution in [2.75, 3.05) is 37.4 Å². The number of hydrogen-bond acceptors (Lipinski definition) is 7. The highest BCUT2D eigenvalue weighted by Crippen LogP contribution is 2.30. The van der Waals surface area contributed by atoms with E-state index >= 15 is 0 Å². The number of aromatic nitrogens is 2. The molecule has 3 N–H and O–H groups in total. The highest BCUT2D eigenvalue weighted by molar-refractivity contribution is 7.89. The third kappa shape index (κ3) is 7.11. The second kappa shape index (κ2) is 13.3. The molecule has 238 valence electrons. The summed E-state index contributed by atoms with van der Waals surface area (Å²) in [5.41, 5.74) is 1.62. The van der Waals surface area contributed by atoms with E-state index in [4.69, 9.17) is 4.74 Å². The maximum Gasteiger partial charge on any atom is 0.323 e. The normalized spacial score (nSPS) is 18.0. The molecule has 0 saturated heterocycles. The topological polar surface area (TPSA) is 146 Å². The van der Waals surface area contributed by atoms with Gasteiger partial charge >= 0.3 is 6.03 Å². The number of fused-ring (bicyclic) bond motifs is 2. The smallest absolute Gasteiger partial charge is 0.323 e. The molecule has 4 aromatic rings. The summed E-state index contributed by atoms with van der Waals surface area (Å²) >= 11 is 0. The number of nitrogens with zero attached hydrogens (tertiary/aromatic N) is 4. The largest absolute Gasteiger partial charge is 0.488 e. The lowest BCUT2D eigenvalue weighted by Gasteiger charge is -2.33. The Morgan fingerprint density at radius 1 is 1.16 bits per heavy atom. The highest BCUT2D eigenvalue weighted by atomic mass is 32.2. The van der Waals surface area contributed by atoms with Crippen molar-refractivity contribution in [1.82, 2.24) is 18.8 Å². The first-order valence-corrected chi connectivity index (χ1v) is 16.1. The van der Waals surface area contributed by atoms with Crippen LogP contribution in [0.2, 0.25) is 0 Å². The van der Waals surface area contributed by atoms with E-state index in [1.165, 1.54) is 23.9 Å². The van der Waals surface area contributed by atoms with Crippen molar-refractivity contribution in [2.45, 2.75) is 37.4 Å². The maximum atomic E-state index is 13.5. The summed E-state index contributed by atoms with van der Waals surface area (Å²) in [6, 6.07) is 17.5. The third-order valence-corrected chi connectivity index (χ3v) is 9.71. The Morgan fingerprint density at radius 2 is 1.91 bits per heavy atom. The van der Waals surface area contributed by atoms with Crippen molar-refractivity contribution in [1.29, 1.82) is 0 Å². The van der Waals surface area contributed by atoms with Crippen LogP contribution in [0.3, 0.4) is 0 Å². The van der Waals surface area contributed by atoms with Crippen molar-refractivity contribution in [3.63, 3.8) is 0 Å². The van der Waals surface area contributed by atoms with E-state index in [1.54, 1.807) is 41.6 Å². The Bertz CT molecular complexity index is 1800. The van der Waals surface area contributed by atoms with E-state index in [2.05, 4.69) is 15.6 Å². The average molecular weight is 635 g/mol. The molecule has 3 aromatic carbocycles. The van der Waals surface area contributed by atoms with E-state index < -0.39 is 28.2 Å². The third-order valence-electron chi connectivity index (χ3n) is 8.01. The van der Waals surface area contributed by atoms with Crippen LogP contribution in [0.1, 0.15) is 19.4 Å². The molecule has 5 rings (SSSR count). The van der Waals surface area contributed by atoms with Gasteiger partial charge in [0.15, 0.2) is 5.03 Å². The zero-order chi connectivity index (χ0) is 32.3. The van der Waals surface area contributed by atoms with Gasteiger partial charge in [-0.05, 0) is 36.6 Å². The molecule has 3 atom stereocenters. The molecule has 3 amide bonds. The van der Waals surface area contributed by atoms with Crippen LogP contribution in [-0.4, -0.2) is 83.1 Å². The molecule has 0 spiro atoms. The van der Waals surface area contributed by atoms with Crippen LogP contribution in [-0.2, 0) is 28.3 Å². The van der Waals surface area contributed by atoms with Gasteiger partial charge < -0.3 is 29.9 Å². The number of ether oxygens (including phenoxy) is 1. The molecule has 1 aliphatic rings. The van der Waals surface area contributed by atoms with Gasteiger partial charge in [0.05, 0.1) is 37.6 Å². The second-order valence-corrected chi connectivity index (χ2v) is 13.5. The van der Waals surface area contributed by atoms with Crippen molar-refractivity contribution < 1.29 is 27.9 Å². The zero-order valence-corrected chi connectivity index (χ0v) is 26.5. The number of imidazole rings is 1. The fraction of sp³-hybridized carbons (Fsp3) is 0.344. The number of aryl methyl sites for hydroxylation is 1. The molecule has 1 aliphatic heterocycles. The Kier molecular flexibility index (Phi) is 9.42. The van der Waals surface area contributed by atoms with Gasteiger partial charge in [-0.2, -0.15) is 4.31 Å². The van der Waals surface area contributed by atoms with Gasteiger partial charge in [-0.3, -0.25) is 4.79 Å². The van der Waals surface area contributed by atoms with Crippen LogP contribution in [0.5, 0.6) is 5.75 Å². The minimum absolute atomic E-state index is 0.0114. The first-order chi connectivity index (χ1) is 21.5. The average Bonchev–Trinajstić information content (AvgIpc) is 3.48. The lowest BCUT2D eigenvalue weighted by molar-refractivity contribution is -0.134. The Hall–Kier alpha value is -4.46. The molecule has 13 heteroatoms. The summed E-state index contributed by atoms with van der Waals surface area (Å²) in [7, 11) is -0.749. The lowest BCUT2D eigenvalue weighted by Crippen LogP contribution is -2.48. The second-order valence-electron chi connectivity index (χ2n) is 11.5. The van der Waals surface area contributed by atoms with Crippen LogP contribution in [0, 0.1) is 5.92 Å². The van der Waals surface area contributed by atoms with Crippen LogP contribution >= 0.6 is 0 Å². The Labute approximate surface area is 262 Å². The number of urea groups is 1. The van der Waals surface area contributed by atoms with Crippen molar-refractivity contribution in [3.05, 3.63) is 78.8 Å². The van der Waals surface area contributed by atoms with Crippen LogP contribution in [0.25, 0.3) is 10.8 Å². The fourth-order valence-electron chi connectivity index (χ4n) is 5.38. The monoisotopic (exact) mass is 634 g/mol. The maximum absolute atomic E-state index is 13.5. The van der Waals surface area contributed by atoms with Gasteiger partial charge in [0.2, 0.25) is 5.91 Å². The van der Waals surface area contributed by atoms with E-state index in [9.17, 15) is 23.1 Å². The number of anilines is 2. The summed E-state index contributed by atoms with van der Waals surface area (Å²) in [5.74, 6) is -0.123. The van der Waals surface area contributed by atoms with Crippen LogP contribution in [0.15, 0.2) is 78.2 Å². The number of carbonyl (C=O) groups is 2. The van der Waals surface area contributed by atoms with Gasteiger partial charge in [0.25, 0.3) is 10.0 Å². The summed E-state index contributed by atoms with van der Waals surface area (Å²) in [6.07, 6.45) is 2.16. The predicted molar refractivity (Wildman–Crippen MR) is 172 cm³/mol. The fourth-order valence-corrected chi connectivity index (χ4v) is 6.52. The summed E-state index contributed by atoms with van der Waals surface area (Å²) in [6.45, 7) is 3.64. The summed E-state index contributed by atoms with van der Waals surface area (Å²) < 4.78 is 35.7. The molecule has 0 saturated carbocycles. The molecule has 1 aromatic heterocycles. The van der Waals surface area contributed by atoms with Gasteiger partial charge in [-0.1, -0.05) is 43.3 Å². The molecule has 0 bridgehead atoms. The van der Waals surface area contributed by atoms with Gasteiger partial charge in [0.1, 0.15) is 11.9 Å². The number of carbonyl (C=O) groups excluding carboxylic acids is 2. The number of rotatable bonds is 8. The first-order valence-electron chi connectivity index (χ1n) is 14.7. The number of aliphatic hydroxyl groups excluding tert-OH is 1. The van der Waals surface area contributed by atoms with Crippen molar-refractivity contribution in [3.8, 4) is 5.75 Å². The Balaban J connectivity index is 1.41. The SMILES string of the molecule is C[C@@H]1CN([C@@H](C)CO)C(=O)Cc2cc(NC(=O)Nc3cccc4ccccc34)ccc2O[C@H]1CN(C)S(=O)(=O)c1cn(C)cn1. The number of sulfonamides is 1. The number of nitrogens with one attached hydrogen (secondary N) is 2. The number of hydrogen-bond donors (Lipinski definition) is 3. The minimum Gasteiger partial charge on any atom is -0.488 e. The van der Waals surface area contributed by atoms with Gasteiger partial charge in [-0.25, -0.2) is 18.2 Å². The molecule has 2 heterocycles. The van der Waals surface area contributed by atoms with E-state index in [-0.39, 0.29) is 43.0 Å². The van der Waals surface area contributed by atoms with Crippen molar-refractivity contribution >= 4 is 44.1 Å². The molecule has 45 heavy (non-hydrogen) atoms. The molecular weight excluding hydrogens is 596 g/mol. The van der Waals surface area contributed by atoms with E-state index in [0.717, 1.165) is 10.8 Å². The molecule has 0 fully saturated rings. The van der Waals surface area contributed by atoms with E-state index in [1.807, 2.05) is 49.4 Å². The highest BCUT2D eigenvalue weighted by Gasteiger charge is 2.34. The summed E-state index contributed by atoms with van der Waals surface area (Å²) in [4.78, 5) is 32.2. The quantitative estimate of drug-likeness (QED) is 0.268. The Morgan fingerprint density at radius 3 is 2.64 bits per heavy atom. The zero-order valence-electron chi connectivity index (χ0n) is 25.7. The molecule has 0 unspecified atom stereocenters. The number of benzene rings is 3. The lowest BCUT2D eigenvalue weighted by atomic mass is 10.0. The first kappa shape index (κ1) is 31.9. The minimum atomic E-state index is -3.91. The number of likely N-dealkylation sites (N-methyl/N-ethyl adjacent to an activating group) is 1. The molecule has 0 aliphatic carbocycles. The van der Waals surface area contributed by atoms with Crippen molar-refractivity contribution in [2.24, 2.45) is 13.0 Å². The summed E-state index contributed by atoms with van der Waals surface area (Å²) in [5, 5.41) is 17.5. The predicted octanol–water partition coefficient (Wildman–Crippen LogP) is 3.69. The standard InChI is InChI=1S/C32H38N6O6S/c1-21-16-38(22(2)19-39)31(40)15-24-14-25(34-32(41)35-27-11-7-9-23-8-5-6-10-26(23)27)12-13-28(24)44-29(21)17-37(4)45(42,43)30-18-36(3)20-33-30/h5-14,18,20-22,29,39H,15-17,19H2,1-4H3,(H2,34,35,41)/t21-,22+,29+/m1/s1.